The highest BCUT2D eigenvalue weighted by Gasteiger charge is 2.37. The SMILES string of the molecule is CN1C[C@@H](O)COC[C@@H]2O[C@H](CC(=O)N3CCN(c4ccccc4)CC3)CC[C@H]21. The molecule has 0 radical (unpaired) electrons. The maximum absolute atomic E-state index is 12.9. The molecule has 0 spiro atoms. The first-order valence-corrected chi connectivity index (χ1v) is 10.8. The van der Waals surface area contributed by atoms with Gasteiger partial charge in [-0.05, 0) is 32.0 Å². The first kappa shape index (κ1) is 20.6. The lowest BCUT2D eigenvalue weighted by Crippen LogP contribution is -2.55. The van der Waals surface area contributed by atoms with E-state index in [1.54, 1.807) is 0 Å². The van der Waals surface area contributed by atoms with Gasteiger partial charge in [0.2, 0.25) is 5.91 Å². The van der Waals surface area contributed by atoms with Crippen LogP contribution in [-0.4, -0.2) is 98.2 Å². The third-order valence-electron chi connectivity index (χ3n) is 6.39. The van der Waals surface area contributed by atoms with Gasteiger partial charge >= 0.3 is 0 Å². The van der Waals surface area contributed by atoms with Crippen LogP contribution in [-0.2, 0) is 14.3 Å². The van der Waals surface area contributed by atoms with Crippen LogP contribution in [0.2, 0.25) is 0 Å². The minimum atomic E-state index is -0.449. The van der Waals surface area contributed by atoms with E-state index in [2.05, 4.69) is 34.1 Å². The van der Waals surface area contributed by atoms with Crippen molar-refractivity contribution in [2.75, 3.05) is 57.9 Å². The maximum Gasteiger partial charge on any atom is 0.225 e. The van der Waals surface area contributed by atoms with Crippen molar-refractivity contribution in [3.63, 3.8) is 0 Å². The fourth-order valence-electron chi connectivity index (χ4n) is 4.77. The van der Waals surface area contributed by atoms with Crippen LogP contribution < -0.4 is 4.90 Å². The van der Waals surface area contributed by atoms with Gasteiger partial charge in [-0.2, -0.15) is 0 Å². The normalized spacial score (nSPS) is 31.7. The van der Waals surface area contributed by atoms with Gasteiger partial charge in [0.1, 0.15) is 0 Å². The van der Waals surface area contributed by atoms with E-state index in [9.17, 15) is 9.90 Å². The number of amides is 1. The Hall–Kier alpha value is -1.67. The minimum absolute atomic E-state index is 0.0334. The molecule has 3 saturated heterocycles. The summed E-state index contributed by atoms with van der Waals surface area (Å²) in [5, 5.41) is 9.92. The second kappa shape index (κ2) is 9.43. The Morgan fingerprint density at radius 1 is 1.10 bits per heavy atom. The summed E-state index contributed by atoms with van der Waals surface area (Å²) in [4.78, 5) is 19.3. The second-order valence-electron chi connectivity index (χ2n) is 8.48. The molecule has 3 aliphatic heterocycles. The van der Waals surface area contributed by atoms with Crippen molar-refractivity contribution in [2.24, 2.45) is 0 Å². The number of likely N-dealkylation sites (N-methyl/N-ethyl adjacent to an activating group) is 1. The van der Waals surface area contributed by atoms with Gasteiger partial charge in [-0.15, -0.1) is 0 Å². The lowest BCUT2D eigenvalue weighted by molar-refractivity contribution is -0.157. The van der Waals surface area contributed by atoms with E-state index in [1.807, 2.05) is 18.0 Å². The van der Waals surface area contributed by atoms with Gasteiger partial charge < -0.3 is 24.4 Å². The lowest BCUT2D eigenvalue weighted by atomic mass is 9.95. The number of ether oxygens (including phenoxy) is 2. The summed E-state index contributed by atoms with van der Waals surface area (Å²) in [7, 11) is 2.03. The Labute approximate surface area is 173 Å². The van der Waals surface area contributed by atoms with Crippen molar-refractivity contribution in [3.8, 4) is 0 Å². The number of nitrogens with zero attached hydrogens (tertiary/aromatic N) is 3. The van der Waals surface area contributed by atoms with Crippen LogP contribution in [0.5, 0.6) is 0 Å². The van der Waals surface area contributed by atoms with Crippen LogP contribution in [0.3, 0.4) is 0 Å². The zero-order valence-corrected chi connectivity index (χ0v) is 17.3. The van der Waals surface area contributed by atoms with Gasteiger partial charge in [-0.1, -0.05) is 18.2 Å². The molecule has 7 nitrogen and oxygen atoms in total. The Balaban J connectivity index is 1.26. The highest BCUT2D eigenvalue weighted by Crippen LogP contribution is 2.27. The Morgan fingerprint density at radius 2 is 1.86 bits per heavy atom. The number of anilines is 1. The van der Waals surface area contributed by atoms with E-state index >= 15 is 0 Å². The third-order valence-corrected chi connectivity index (χ3v) is 6.39. The molecule has 1 aromatic carbocycles. The number of aliphatic hydroxyl groups excluding tert-OH is 1. The number of carbonyl (C=O) groups is 1. The molecule has 160 valence electrons. The Morgan fingerprint density at radius 3 is 2.62 bits per heavy atom. The van der Waals surface area contributed by atoms with Crippen molar-refractivity contribution in [3.05, 3.63) is 30.3 Å². The van der Waals surface area contributed by atoms with Crippen LogP contribution in [0.25, 0.3) is 0 Å². The van der Waals surface area contributed by atoms with E-state index in [0.29, 0.717) is 26.2 Å². The van der Waals surface area contributed by atoms with Gasteiger partial charge in [-0.3, -0.25) is 9.69 Å². The largest absolute Gasteiger partial charge is 0.389 e. The molecule has 0 saturated carbocycles. The number of rotatable bonds is 3. The number of aliphatic hydroxyl groups is 1. The molecule has 0 aromatic heterocycles. The summed E-state index contributed by atoms with van der Waals surface area (Å²) in [5.74, 6) is 0.191. The van der Waals surface area contributed by atoms with E-state index in [4.69, 9.17) is 9.47 Å². The summed E-state index contributed by atoms with van der Waals surface area (Å²) >= 11 is 0. The molecule has 3 aliphatic rings. The summed E-state index contributed by atoms with van der Waals surface area (Å²) in [6.07, 6.45) is 1.76. The summed E-state index contributed by atoms with van der Waals surface area (Å²) in [6.45, 7) is 4.67. The number of hydrogen-bond donors (Lipinski definition) is 1. The smallest absolute Gasteiger partial charge is 0.225 e. The van der Waals surface area contributed by atoms with Crippen LogP contribution in [0.4, 0.5) is 5.69 Å². The highest BCUT2D eigenvalue weighted by molar-refractivity contribution is 5.77. The predicted molar refractivity (Wildman–Crippen MR) is 111 cm³/mol. The average molecular weight is 404 g/mol. The summed E-state index contributed by atoms with van der Waals surface area (Å²) < 4.78 is 11.9. The maximum atomic E-state index is 12.9. The Bertz CT molecular complexity index is 665. The molecule has 4 atom stereocenters. The van der Waals surface area contributed by atoms with Crippen molar-refractivity contribution in [1.82, 2.24) is 9.80 Å². The van der Waals surface area contributed by atoms with E-state index in [0.717, 1.165) is 39.0 Å². The molecule has 0 aliphatic carbocycles. The third kappa shape index (κ3) is 5.09. The van der Waals surface area contributed by atoms with E-state index in [-0.39, 0.29) is 24.2 Å². The van der Waals surface area contributed by atoms with Crippen molar-refractivity contribution in [1.29, 1.82) is 0 Å². The first-order valence-electron chi connectivity index (χ1n) is 10.8. The highest BCUT2D eigenvalue weighted by atomic mass is 16.5. The summed E-state index contributed by atoms with van der Waals surface area (Å²) in [5.41, 5.74) is 1.22. The van der Waals surface area contributed by atoms with Gasteiger partial charge in [0.15, 0.2) is 0 Å². The molecule has 1 amide bonds. The number of para-hydroxylation sites is 1. The molecule has 0 unspecified atom stereocenters. The monoisotopic (exact) mass is 403 g/mol. The number of benzene rings is 1. The second-order valence-corrected chi connectivity index (χ2v) is 8.48. The van der Waals surface area contributed by atoms with Crippen LogP contribution in [0.15, 0.2) is 30.3 Å². The average Bonchev–Trinajstić information content (AvgIpc) is 2.73. The molecule has 3 fully saturated rings. The fraction of sp³-hybridized carbons (Fsp3) is 0.682. The number of β-amino-alcohol motifs (C(OH)–C–C–N with tert-alkyl or cyclic N) is 1. The van der Waals surface area contributed by atoms with Crippen LogP contribution in [0.1, 0.15) is 19.3 Å². The van der Waals surface area contributed by atoms with Gasteiger partial charge in [-0.25, -0.2) is 0 Å². The van der Waals surface area contributed by atoms with Gasteiger partial charge in [0, 0.05) is 44.5 Å². The number of piperazine rings is 1. The predicted octanol–water partition coefficient (Wildman–Crippen LogP) is 0.964. The molecule has 0 bridgehead atoms. The van der Waals surface area contributed by atoms with Crippen molar-refractivity contribution in [2.45, 2.75) is 43.6 Å². The molecular formula is C22H33N3O4. The Kier molecular flexibility index (Phi) is 6.70. The quantitative estimate of drug-likeness (QED) is 0.811. The number of hydrogen-bond acceptors (Lipinski definition) is 6. The number of fused-ring (bicyclic) bond motifs is 1. The van der Waals surface area contributed by atoms with Gasteiger partial charge in [0.05, 0.1) is 37.9 Å². The van der Waals surface area contributed by atoms with Crippen molar-refractivity contribution < 1.29 is 19.4 Å². The van der Waals surface area contributed by atoms with Crippen molar-refractivity contribution >= 4 is 11.6 Å². The summed E-state index contributed by atoms with van der Waals surface area (Å²) in [6, 6.07) is 10.6. The van der Waals surface area contributed by atoms with Crippen LogP contribution in [0, 0.1) is 0 Å². The molecule has 1 N–H and O–H groups in total. The minimum Gasteiger partial charge on any atom is -0.389 e. The molecular weight excluding hydrogens is 370 g/mol. The molecule has 4 rings (SSSR count). The molecule has 3 heterocycles. The molecule has 7 heteroatoms. The first-order chi connectivity index (χ1) is 14.1. The zero-order valence-electron chi connectivity index (χ0n) is 17.3. The van der Waals surface area contributed by atoms with E-state index < -0.39 is 6.10 Å². The van der Waals surface area contributed by atoms with E-state index in [1.165, 1.54) is 5.69 Å². The standard InChI is InChI=1S/C22H33N3O4/c1-23-14-18(26)15-28-16-21-20(23)8-7-19(29-21)13-22(27)25-11-9-24(10-12-25)17-5-3-2-4-6-17/h2-6,18-21,26H,7-16H2,1H3/t18-,19+,20-,21+/m1/s1. The topological polar surface area (TPSA) is 65.5 Å². The lowest BCUT2D eigenvalue weighted by Gasteiger charge is -2.43. The molecule has 29 heavy (non-hydrogen) atoms. The molecule has 1 aromatic rings. The zero-order chi connectivity index (χ0) is 20.2. The number of carbonyl (C=O) groups excluding carboxylic acids is 1. The van der Waals surface area contributed by atoms with Crippen LogP contribution >= 0.6 is 0 Å². The fourth-order valence-corrected chi connectivity index (χ4v) is 4.77. The van der Waals surface area contributed by atoms with Gasteiger partial charge in [0.25, 0.3) is 0 Å².